The van der Waals surface area contributed by atoms with Gasteiger partial charge in [0.15, 0.2) is 0 Å². The molecule has 0 aromatic heterocycles. The molecule has 23 heavy (non-hydrogen) atoms. The van der Waals surface area contributed by atoms with Crippen LogP contribution in [0.15, 0.2) is 36.4 Å². The molecule has 2 N–H and O–H groups in total. The van der Waals surface area contributed by atoms with E-state index in [-0.39, 0.29) is 24.1 Å². The van der Waals surface area contributed by atoms with Crippen LogP contribution in [0.4, 0.5) is 13.2 Å². The van der Waals surface area contributed by atoms with Crippen molar-refractivity contribution in [2.45, 2.75) is 37.9 Å². The Morgan fingerprint density at radius 2 is 1.87 bits per heavy atom. The van der Waals surface area contributed by atoms with Crippen LogP contribution in [0.25, 0.3) is 5.57 Å². The highest BCUT2D eigenvalue weighted by Gasteiger charge is 2.35. The van der Waals surface area contributed by atoms with Crippen LogP contribution in [0.1, 0.15) is 31.2 Å². The number of aliphatic hydroxyl groups is 1. The Morgan fingerprint density at radius 1 is 1.22 bits per heavy atom. The van der Waals surface area contributed by atoms with Gasteiger partial charge in [-0.15, -0.1) is 0 Å². The van der Waals surface area contributed by atoms with Crippen LogP contribution in [0.2, 0.25) is 0 Å². The number of carbonyl (C=O) groups excluding carboxylic acids is 1. The second-order valence-corrected chi connectivity index (χ2v) is 5.76. The third-order valence-corrected chi connectivity index (χ3v) is 4.14. The van der Waals surface area contributed by atoms with Crippen LogP contribution in [-0.4, -0.2) is 29.8 Å². The van der Waals surface area contributed by atoms with E-state index >= 15 is 0 Å². The average Bonchev–Trinajstić information content (AvgIpc) is 2.53. The van der Waals surface area contributed by atoms with Crippen LogP contribution in [-0.2, 0) is 4.79 Å². The van der Waals surface area contributed by atoms with Crippen molar-refractivity contribution < 1.29 is 23.1 Å². The third kappa shape index (κ3) is 4.82. The van der Waals surface area contributed by atoms with E-state index in [1.807, 2.05) is 0 Å². The number of amides is 1. The van der Waals surface area contributed by atoms with Gasteiger partial charge in [-0.05, 0) is 18.4 Å². The van der Waals surface area contributed by atoms with E-state index < -0.39 is 17.7 Å². The summed E-state index contributed by atoms with van der Waals surface area (Å²) >= 11 is 0. The highest BCUT2D eigenvalue weighted by atomic mass is 19.4. The van der Waals surface area contributed by atoms with Gasteiger partial charge in [0.1, 0.15) is 0 Å². The zero-order valence-corrected chi connectivity index (χ0v) is 12.6. The van der Waals surface area contributed by atoms with Crippen molar-refractivity contribution in [1.29, 1.82) is 0 Å². The second kappa shape index (κ2) is 7.64. The predicted molar refractivity (Wildman–Crippen MR) is 81.4 cm³/mol. The topological polar surface area (TPSA) is 49.3 Å². The fourth-order valence-corrected chi connectivity index (χ4v) is 2.92. The van der Waals surface area contributed by atoms with Gasteiger partial charge in [0.25, 0.3) is 0 Å². The SMILES string of the molecule is O=C(/C=C(/c1ccccc1)C(F)(F)F)NC1CCCCC1CO. The summed E-state index contributed by atoms with van der Waals surface area (Å²) in [4.78, 5) is 12.0. The molecule has 6 heteroatoms. The van der Waals surface area contributed by atoms with Gasteiger partial charge in [0.2, 0.25) is 5.91 Å². The molecule has 0 spiro atoms. The van der Waals surface area contributed by atoms with Crippen LogP contribution < -0.4 is 5.32 Å². The number of alkyl halides is 3. The standard InChI is InChI=1S/C17H20F3NO2/c18-17(19,20)14(12-6-2-1-3-7-12)10-16(23)21-15-9-5-4-8-13(15)11-22/h1-3,6-7,10,13,15,22H,4-5,8-9,11H2,(H,21,23)/b14-10-. The Kier molecular flexibility index (Phi) is 5.82. The first-order valence-corrected chi connectivity index (χ1v) is 7.67. The monoisotopic (exact) mass is 327 g/mol. The van der Waals surface area contributed by atoms with Crippen LogP contribution in [0.5, 0.6) is 0 Å². The second-order valence-electron chi connectivity index (χ2n) is 5.76. The van der Waals surface area contributed by atoms with E-state index in [9.17, 15) is 23.1 Å². The molecule has 0 bridgehead atoms. The van der Waals surface area contributed by atoms with Crippen molar-refractivity contribution in [1.82, 2.24) is 5.32 Å². The molecular weight excluding hydrogens is 307 g/mol. The lowest BCUT2D eigenvalue weighted by molar-refractivity contribution is -0.118. The number of carbonyl (C=O) groups is 1. The van der Waals surface area contributed by atoms with E-state index in [4.69, 9.17) is 0 Å². The molecule has 2 rings (SSSR count). The van der Waals surface area contributed by atoms with Crippen LogP contribution in [0, 0.1) is 5.92 Å². The lowest BCUT2D eigenvalue weighted by Crippen LogP contribution is -2.43. The zero-order valence-electron chi connectivity index (χ0n) is 12.6. The molecule has 0 heterocycles. The maximum absolute atomic E-state index is 13.2. The minimum Gasteiger partial charge on any atom is -0.396 e. The van der Waals surface area contributed by atoms with Gasteiger partial charge in [-0.25, -0.2) is 0 Å². The Bertz CT molecular complexity index is 555. The average molecular weight is 327 g/mol. The molecule has 1 fully saturated rings. The molecule has 1 aliphatic carbocycles. The van der Waals surface area contributed by atoms with Gasteiger partial charge in [-0.3, -0.25) is 4.79 Å². The molecule has 0 radical (unpaired) electrons. The Balaban J connectivity index is 2.17. The summed E-state index contributed by atoms with van der Waals surface area (Å²) in [6.07, 6.45) is -0.686. The number of aliphatic hydroxyl groups excluding tert-OH is 1. The van der Waals surface area contributed by atoms with Crippen LogP contribution >= 0.6 is 0 Å². The summed E-state index contributed by atoms with van der Waals surface area (Å²) in [6.45, 7) is -0.0700. The van der Waals surface area contributed by atoms with Gasteiger partial charge in [0, 0.05) is 24.6 Å². The minimum atomic E-state index is -4.61. The Morgan fingerprint density at radius 3 is 2.48 bits per heavy atom. The summed E-state index contributed by atoms with van der Waals surface area (Å²) in [5.41, 5.74) is -1.01. The van der Waals surface area contributed by atoms with Gasteiger partial charge in [0.05, 0.1) is 5.57 Å². The smallest absolute Gasteiger partial charge is 0.396 e. The number of hydrogen-bond acceptors (Lipinski definition) is 2. The maximum atomic E-state index is 13.2. The van der Waals surface area contributed by atoms with Gasteiger partial charge >= 0.3 is 6.18 Å². The highest BCUT2D eigenvalue weighted by Crippen LogP contribution is 2.33. The minimum absolute atomic E-state index is 0.0440. The van der Waals surface area contributed by atoms with E-state index in [1.165, 1.54) is 24.3 Å². The van der Waals surface area contributed by atoms with Crippen molar-refractivity contribution >= 4 is 11.5 Å². The maximum Gasteiger partial charge on any atom is 0.417 e. The Labute approximate surface area is 133 Å². The van der Waals surface area contributed by atoms with E-state index in [1.54, 1.807) is 6.07 Å². The lowest BCUT2D eigenvalue weighted by atomic mass is 9.85. The van der Waals surface area contributed by atoms with Gasteiger partial charge in [-0.1, -0.05) is 43.2 Å². The van der Waals surface area contributed by atoms with E-state index in [0.717, 1.165) is 19.3 Å². The first kappa shape index (κ1) is 17.5. The van der Waals surface area contributed by atoms with Crippen LogP contribution in [0.3, 0.4) is 0 Å². The Hall–Kier alpha value is -1.82. The van der Waals surface area contributed by atoms with E-state index in [2.05, 4.69) is 5.32 Å². The normalized spacial score (nSPS) is 22.7. The van der Waals surface area contributed by atoms with Crippen molar-refractivity contribution in [3.8, 4) is 0 Å². The number of allylic oxidation sites excluding steroid dienone is 1. The first-order valence-electron chi connectivity index (χ1n) is 7.67. The number of rotatable bonds is 4. The van der Waals surface area contributed by atoms with Gasteiger partial charge in [-0.2, -0.15) is 13.2 Å². The molecular formula is C17H20F3NO2. The van der Waals surface area contributed by atoms with Crippen molar-refractivity contribution in [3.63, 3.8) is 0 Å². The fraction of sp³-hybridized carbons (Fsp3) is 0.471. The summed E-state index contributed by atoms with van der Waals surface area (Å²) in [5, 5.41) is 11.9. The molecule has 1 aromatic carbocycles. The fourth-order valence-electron chi connectivity index (χ4n) is 2.92. The quantitative estimate of drug-likeness (QED) is 0.834. The molecule has 3 nitrogen and oxygen atoms in total. The molecule has 1 amide bonds. The summed E-state index contributed by atoms with van der Waals surface area (Å²) in [7, 11) is 0. The molecule has 0 saturated heterocycles. The van der Waals surface area contributed by atoms with Crippen molar-refractivity contribution in [2.75, 3.05) is 6.61 Å². The highest BCUT2D eigenvalue weighted by molar-refractivity contribution is 5.96. The summed E-state index contributed by atoms with van der Waals surface area (Å²) in [6, 6.07) is 6.98. The summed E-state index contributed by atoms with van der Waals surface area (Å²) in [5.74, 6) is -0.862. The lowest BCUT2D eigenvalue weighted by Gasteiger charge is -2.30. The molecule has 1 saturated carbocycles. The molecule has 1 aliphatic rings. The van der Waals surface area contributed by atoms with Crippen molar-refractivity contribution in [3.05, 3.63) is 42.0 Å². The third-order valence-electron chi connectivity index (χ3n) is 4.14. The molecule has 2 atom stereocenters. The molecule has 2 unspecified atom stereocenters. The summed E-state index contributed by atoms with van der Waals surface area (Å²) < 4.78 is 39.6. The zero-order chi connectivity index (χ0) is 16.9. The van der Waals surface area contributed by atoms with Crippen molar-refractivity contribution in [2.24, 2.45) is 5.92 Å². The molecule has 0 aliphatic heterocycles. The first-order chi connectivity index (χ1) is 10.9. The number of benzene rings is 1. The molecule has 126 valence electrons. The number of halogens is 3. The van der Waals surface area contributed by atoms with E-state index in [0.29, 0.717) is 12.5 Å². The predicted octanol–water partition coefficient (Wildman–Crippen LogP) is 3.30. The number of nitrogens with one attached hydrogen (secondary N) is 1. The number of hydrogen-bond donors (Lipinski definition) is 2. The molecule has 1 aromatic rings. The van der Waals surface area contributed by atoms with Gasteiger partial charge < -0.3 is 10.4 Å². The largest absolute Gasteiger partial charge is 0.417 e.